The first-order chi connectivity index (χ1) is 21.7. The van der Waals surface area contributed by atoms with Gasteiger partial charge >= 0.3 is 6.09 Å². The van der Waals surface area contributed by atoms with Gasteiger partial charge in [-0.3, -0.25) is 0 Å². The second-order valence-corrected chi connectivity index (χ2v) is 13.2. The van der Waals surface area contributed by atoms with Crippen molar-refractivity contribution in [2.45, 2.75) is 32.1 Å². The molecule has 0 aliphatic carbocycles. The van der Waals surface area contributed by atoms with Crippen LogP contribution in [0.3, 0.4) is 0 Å². The fraction of sp³-hybridized carbons (Fsp3) is 0.250. The maximum Gasteiger partial charge on any atom is 0.421 e. The minimum Gasteiger partial charge on any atom is -0.497 e. The number of imidazole rings is 1. The second kappa shape index (κ2) is 12.7. The monoisotopic (exact) mass is 644 g/mol. The summed E-state index contributed by atoms with van der Waals surface area (Å²) in [6.07, 6.45) is 1.08. The van der Waals surface area contributed by atoms with Crippen LogP contribution in [-0.4, -0.2) is 53.8 Å². The third-order valence-electron chi connectivity index (χ3n) is 6.90. The Hall–Kier alpha value is -5.21. The summed E-state index contributed by atoms with van der Waals surface area (Å²) >= 11 is 0. The van der Waals surface area contributed by atoms with E-state index in [1.165, 1.54) is 4.90 Å². The summed E-state index contributed by atoms with van der Waals surface area (Å²) in [5, 5.41) is 8.28. The summed E-state index contributed by atoms with van der Waals surface area (Å²) in [4.78, 5) is 30.7. The highest BCUT2D eigenvalue weighted by atomic mass is 32.2. The predicted octanol–water partition coefficient (Wildman–Crippen LogP) is 5.75. The summed E-state index contributed by atoms with van der Waals surface area (Å²) in [5.41, 5.74) is 3.40. The third-order valence-corrected chi connectivity index (χ3v) is 7.63. The number of carbonyl (C=O) groups is 1. The van der Waals surface area contributed by atoms with E-state index < -0.39 is 21.7 Å². The van der Waals surface area contributed by atoms with E-state index in [-0.39, 0.29) is 5.75 Å². The zero-order chi connectivity index (χ0) is 33.2. The molecule has 0 aliphatic heterocycles. The van der Waals surface area contributed by atoms with Gasteiger partial charge in [-0.1, -0.05) is 12.1 Å². The van der Waals surface area contributed by atoms with Gasteiger partial charge in [-0.25, -0.2) is 33.2 Å². The molecule has 5 aromatic rings. The number of anilines is 6. The Morgan fingerprint density at radius 3 is 2.28 bits per heavy atom. The van der Waals surface area contributed by atoms with Gasteiger partial charge in [0.2, 0.25) is 21.9 Å². The highest BCUT2D eigenvalue weighted by Gasteiger charge is 2.29. The smallest absolute Gasteiger partial charge is 0.421 e. The van der Waals surface area contributed by atoms with Gasteiger partial charge in [0.05, 0.1) is 29.6 Å². The molecule has 2 heterocycles. The number of amides is 1. The molecule has 3 aromatic carbocycles. The first-order valence-corrected chi connectivity index (χ1v) is 16.0. The van der Waals surface area contributed by atoms with Crippen molar-refractivity contribution < 1.29 is 22.7 Å². The molecule has 0 atom stereocenters. The molecule has 0 saturated heterocycles. The lowest BCUT2D eigenvalue weighted by atomic mass is 10.2. The van der Waals surface area contributed by atoms with Crippen LogP contribution >= 0.6 is 0 Å². The number of sulfonamides is 1. The zero-order valence-corrected chi connectivity index (χ0v) is 27.2. The molecular weight excluding hydrogens is 608 g/mol. The van der Waals surface area contributed by atoms with Crippen molar-refractivity contribution in [3.05, 3.63) is 84.6 Å². The fourth-order valence-corrected chi connectivity index (χ4v) is 5.36. The van der Waals surface area contributed by atoms with E-state index in [1.807, 2.05) is 62.5 Å². The summed E-state index contributed by atoms with van der Waals surface area (Å²) in [6, 6.07) is 21.5. The van der Waals surface area contributed by atoms with Gasteiger partial charge in [0.1, 0.15) is 17.2 Å². The maximum atomic E-state index is 13.5. The van der Waals surface area contributed by atoms with Gasteiger partial charge in [0.25, 0.3) is 0 Å². The van der Waals surface area contributed by atoms with Crippen LogP contribution in [0.5, 0.6) is 5.75 Å². The molecule has 0 fully saturated rings. The minimum atomic E-state index is -3.62. The van der Waals surface area contributed by atoms with Crippen LogP contribution < -0.4 is 25.0 Å². The Kier molecular flexibility index (Phi) is 8.85. The number of hydrogen-bond acceptors (Lipinski definition) is 10. The fourth-order valence-electron chi connectivity index (χ4n) is 4.70. The molecule has 0 unspecified atom stereocenters. The molecule has 0 bridgehead atoms. The van der Waals surface area contributed by atoms with Crippen LogP contribution in [0.25, 0.3) is 11.0 Å². The number of aryl methyl sites for hydroxylation is 1. The van der Waals surface area contributed by atoms with Crippen molar-refractivity contribution >= 4 is 61.9 Å². The molecule has 5 rings (SSSR count). The first kappa shape index (κ1) is 32.2. The average Bonchev–Trinajstić information content (AvgIpc) is 3.31. The highest BCUT2D eigenvalue weighted by Crippen LogP contribution is 2.33. The largest absolute Gasteiger partial charge is 0.497 e. The molecular formula is C32H36N8O5S. The van der Waals surface area contributed by atoms with Gasteiger partial charge < -0.3 is 24.3 Å². The topological polar surface area (TPSA) is 158 Å². The van der Waals surface area contributed by atoms with Gasteiger partial charge in [-0.05, 0) is 87.0 Å². The number of primary sulfonamides is 1. The Bertz CT molecular complexity index is 1970. The number of nitrogens with one attached hydrogen (secondary N) is 1. The number of nitrogens with zero attached hydrogens (tertiary/aromatic N) is 6. The molecule has 0 saturated carbocycles. The normalized spacial score (nSPS) is 11.7. The number of aromatic nitrogens is 4. The molecule has 2 aromatic heterocycles. The van der Waals surface area contributed by atoms with E-state index in [1.54, 1.807) is 67.9 Å². The molecule has 240 valence electrons. The van der Waals surface area contributed by atoms with E-state index in [0.717, 1.165) is 11.2 Å². The number of ether oxygens (including phenoxy) is 2. The van der Waals surface area contributed by atoms with Gasteiger partial charge in [0.15, 0.2) is 0 Å². The van der Waals surface area contributed by atoms with E-state index in [4.69, 9.17) is 19.6 Å². The lowest BCUT2D eigenvalue weighted by Gasteiger charge is -2.26. The van der Waals surface area contributed by atoms with Crippen LogP contribution in [0.4, 0.5) is 39.6 Å². The van der Waals surface area contributed by atoms with Gasteiger partial charge in [0, 0.05) is 31.7 Å². The number of fused-ring (bicyclic) bond motifs is 1. The molecule has 14 heteroatoms. The van der Waals surface area contributed by atoms with Crippen molar-refractivity contribution in [1.29, 1.82) is 0 Å². The summed E-state index contributed by atoms with van der Waals surface area (Å²) < 4.78 is 35.6. The lowest BCUT2D eigenvalue weighted by Crippen LogP contribution is -2.35. The number of rotatable bonds is 9. The number of benzene rings is 3. The zero-order valence-electron chi connectivity index (χ0n) is 26.4. The predicted molar refractivity (Wildman–Crippen MR) is 179 cm³/mol. The van der Waals surface area contributed by atoms with Crippen LogP contribution in [0.1, 0.15) is 26.3 Å². The average molecular weight is 645 g/mol. The van der Waals surface area contributed by atoms with Crippen LogP contribution in [-0.2, 0) is 27.6 Å². The van der Waals surface area contributed by atoms with Gasteiger partial charge in [-0.2, -0.15) is 4.98 Å². The third kappa shape index (κ3) is 7.53. The summed E-state index contributed by atoms with van der Waals surface area (Å²) in [5.74, 6) is 1.78. The quantitative estimate of drug-likeness (QED) is 0.203. The van der Waals surface area contributed by atoms with Crippen molar-refractivity contribution in [2.24, 2.45) is 12.2 Å². The number of nitrogens with two attached hydrogens (primary N) is 1. The van der Waals surface area contributed by atoms with E-state index >= 15 is 0 Å². The number of carbonyl (C=O) groups excluding carboxylic acids is 1. The van der Waals surface area contributed by atoms with Crippen molar-refractivity contribution in [3.63, 3.8) is 0 Å². The van der Waals surface area contributed by atoms with Crippen molar-refractivity contribution in [2.75, 3.05) is 29.3 Å². The van der Waals surface area contributed by atoms with Crippen LogP contribution in [0.15, 0.2) is 79.0 Å². The number of hydrogen-bond donors (Lipinski definition) is 2. The molecule has 46 heavy (non-hydrogen) atoms. The SMILES string of the molecule is COc1ccc(N(C(=O)OC(C)(C)C)c2nc3cc(N(C)c4ccnc(Nc5ccc(CS(N)(=O)=O)cc5)n4)ccc3n2C)cc1. The molecule has 0 aliphatic rings. The Morgan fingerprint density at radius 1 is 0.978 bits per heavy atom. The Morgan fingerprint density at radius 2 is 1.65 bits per heavy atom. The number of methoxy groups -OCH3 is 1. The second-order valence-electron chi connectivity index (χ2n) is 11.6. The van der Waals surface area contributed by atoms with Crippen LogP contribution in [0, 0.1) is 0 Å². The van der Waals surface area contributed by atoms with E-state index in [9.17, 15) is 13.2 Å². The lowest BCUT2D eigenvalue weighted by molar-refractivity contribution is 0.0596. The Balaban J connectivity index is 1.43. The van der Waals surface area contributed by atoms with Crippen molar-refractivity contribution in [3.8, 4) is 5.75 Å². The van der Waals surface area contributed by atoms with E-state index in [2.05, 4.69) is 15.3 Å². The summed E-state index contributed by atoms with van der Waals surface area (Å²) in [6.45, 7) is 5.45. The molecule has 0 spiro atoms. The van der Waals surface area contributed by atoms with E-state index in [0.29, 0.717) is 45.9 Å². The minimum absolute atomic E-state index is 0.243. The molecule has 3 N–H and O–H groups in total. The summed E-state index contributed by atoms with van der Waals surface area (Å²) in [7, 11) is 1.69. The van der Waals surface area contributed by atoms with Crippen molar-refractivity contribution in [1.82, 2.24) is 19.5 Å². The maximum absolute atomic E-state index is 13.5. The molecule has 1 amide bonds. The molecule has 13 nitrogen and oxygen atoms in total. The first-order valence-electron chi connectivity index (χ1n) is 14.3. The molecule has 0 radical (unpaired) electrons. The van der Waals surface area contributed by atoms with Gasteiger partial charge in [-0.15, -0.1) is 0 Å². The standard InChI is InChI=1S/C32H36N8O5S/c1-32(2,3)45-31(41)40(23-11-14-25(44-6)15-12-23)30-36-26-19-24(13-16-27(26)39(30)5)38(4)28-17-18-34-29(37-28)35-22-9-7-21(8-10-22)20-46(33,42)43/h7-19H,20H2,1-6H3,(H2,33,42,43)(H,34,35,37). The highest BCUT2D eigenvalue weighted by molar-refractivity contribution is 7.88. The van der Waals surface area contributed by atoms with Crippen LogP contribution in [0.2, 0.25) is 0 Å². The Labute approximate surface area is 267 Å².